The van der Waals surface area contributed by atoms with Gasteiger partial charge in [0.15, 0.2) is 0 Å². The number of hydrogen-bond acceptors (Lipinski definition) is 5. The summed E-state index contributed by atoms with van der Waals surface area (Å²) in [6, 6.07) is 1.71. The fourth-order valence-corrected chi connectivity index (χ4v) is 2.68. The zero-order valence-corrected chi connectivity index (χ0v) is 12.0. The van der Waals surface area contributed by atoms with Crippen LogP contribution < -0.4 is 10.2 Å². The van der Waals surface area contributed by atoms with Crippen LogP contribution in [0.1, 0.15) is 19.3 Å². The number of hydrogen-bond donors (Lipinski definition) is 2. The van der Waals surface area contributed by atoms with Gasteiger partial charge in [-0.1, -0.05) is 6.42 Å². The highest BCUT2D eigenvalue weighted by molar-refractivity contribution is 5.80. The van der Waals surface area contributed by atoms with Crippen molar-refractivity contribution in [1.29, 1.82) is 0 Å². The molecule has 1 fully saturated rings. The lowest BCUT2D eigenvalue weighted by Crippen LogP contribution is -2.39. The molecule has 2 N–H and O–H groups in total. The molecule has 0 bridgehead atoms. The summed E-state index contributed by atoms with van der Waals surface area (Å²) in [5.74, 6) is -0.732. The first-order valence-corrected chi connectivity index (χ1v) is 7.05. The maximum Gasteiger partial charge on any atom is 0.306 e. The SMILES string of the molecule is CN(CC(=O)NCC1CCCC1C(=O)O)c1ncccn1. The Balaban J connectivity index is 1.78. The van der Waals surface area contributed by atoms with E-state index >= 15 is 0 Å². The van der Waals surface area contributed by atoms with Crippen LogP contribution in [0.25, 0.3) is 0 Å². The number of carbonyl (C=O) groups is 2. The molecule has 0 aliphatic heterocycles. The predicted octanol–water partition coefficient (Wildman–Crippen LogP) is 0.530. The van der Waals surface area contributed by atoms with Crippen LogP contribution in [0.5, 0.6) is 0 Å². The van der Waals surface area contributed by atoms with E-state index in [0.717, 1.165) is 12.8 Å². The lowest BCUT2D eigenvalue weighted by Gasteiger charge is -2.19. The van der Waals surface area contributed by atoms with Crippen molar-refractivity contribution >= 4 is 17.8 Å². The molecular weight excluding hydrogens is 272 g/mol. The molecule has 2 atom stereocenters. The van der Waals surface area contributed by atoms with Crippen molar-refractivity contribution in [1.82, 2.24) is 15.3 Å². The second kappa shape index (κ2) is 7.01. The van der Waals surface area contributed by atoms with Crippen LogP contribution in [-0.4, -0.2) is 47.1 Å². The third-order valence-corrected chi connectivity index (χ3v) is 3.81. The van der Waals surface area contributed by atoms with Gasteiger partial charge in [0.05, 0.1) is 12.5 Å². The average Bonchev–Trinajstić information content (AvgIpc) is 2.94. The number of carboxylic acids is 1. The van der Waals surface area contributed by atoms with Gasteiger partial charge in [-0.15, -0.1) is 0 Å². The molecule has 1 aromatic rings. The third-order valence-electron chi connectivity index (χ3n) is 3.81. The Hall–Kier alpha value is -2.18. The highest BCUT2D eigenvalue weighted by Gasteiger charge is 2.32. The molecule has 1 saturated carbocycles. The normalized spacial score (nSPS) is 21.0. The molecule has 0 spiro atoms. The molecule has 21 heavy (non-hydrogen) atoms. The number of carbonyl (C=O) groups excluding carboxylic acids is 1. The number of nitrogens with one attached hydrogen (secondary N) is 1. The van der Waals surface area contributed by atoms with E-state index in [-0.39, 0.29) is 24.3 Å². The zero-order valence-electron chi connectivity index (χ0n) is 12.0. The molecule has 1 aliphatic rings. The molecule has 7 heteroatoms. The fraction of sp³-hybridized carbons (Fsp3) is 0.571. The first kappa shape index (κ1) is 15.2. The first-order valence-electron chi connectivity index (χ1n) is 7.05. The number of aromatic nitrogens is 2. The average molecular weight is 292 g/mol. The standard InChI is InChI=1S/C14H20N4O3/c1-18(14-15-6-3-7-16-14)9-12(19)17-8-10-4-2-5-11(10)13(20)21/h3,6-7,10-11H,2,4-5,8-9H2,1H3,(H,17,19)(H,20,21). The lowest BCUT2D eigenvalue weighted by molar-refractivity contribution is -0.143. The molecule has 2 rings (SSSR count). The number of carboxylic acid groups (broad SMARTS) is 1. The third kappa shape index (κ3) is 4.14. The highest BCUT2D eigenvalue weighted by Crippen LogP contribution is 2.31. The van der Waals surface area contributed by atoms with Crippen LogP contribution in [-0.2, 0) is 9.59 Å². The number of nitrogens with zero attached hydrogens (tertiary/aromatic N) is 3. The van der Waals surface area contributed by atoms with E-state index < -0.39 is 5.97 Å². The molecule has 0 radical (unpaired) electrons. The Morgan fingerprint density at radius 1 is 1.38 bits per heavy atom. The summed E-state index contributed by atoms with van der Waals surface area (Å²) in [6.45, 7) is 0.563. The van der Waals surface area contributed by atoms with Crippen LogP contribution >= 0.6 is 0 Å². The van der Waals surface area contributed by atoms with Crippen molar-refractivity contribution in [3.8, 4) is 0 Å². The van der Waals surface area contributed by atoms with Crippen molar-refractivity contribution in [3.05, 3.63) is 18.5 Å². The van der Waals surface area contributed by atoms with Crippen LogP contribution in [0, 0.1) is 11.8 Å². The number of rotatable bonds is 6. The predicted molar refractivity (Wildman–Crippen MR) is 76.8 cm³/mol. The minimum Gasteiger partial charge on any atom is -0.481 e. The Morgan fingerprint density at radius 3 is 2.76 bits per heavy atom. The second-order valence-corrected chi connectivity index (χ2v) is 5.34. The number of amides is 1. The number of anilines is 1. The van der Waals surface area contributed by atoms with Gasteiger partial charge >= 0.3 is 5.97 Å². The monoisotopic (exact) mass is 292 g/mol. The molecule has 7 nitrogen and oxygen atoms in total. The van der Waals surface area contributed by atoms with Crippen molar-refractivity contribution in [2.45, 2.75) is 19.3 Å². The number of likely N-dealkylation sites (N-methyl/N-ethyl adjacent to an activating group) is 1. The summed E-state index contributed by atoms with van der Waals surface area (Å²) in [7, 11) is 1.74. The van der Waals surface area contributed by atoms with Crippen LogP contribution in [0.2, 0.25) is 0 Å². The maximum absolute atomic E-state index is 11.9. The smallest absolute Gasteiger partial charge is 0.306 e. The van der Waals surface area contributed by atoms with E-state index in [9.17, 15) is 9.59 Å². The molecule has 2 unspecified atom stereocenters. The summed E-state index contributed by atoms with van der Waals surface area (Å²) in [6.07, 6.45) is 5.71. The van der Waals surface area contributed by atoms with E-state index in [1.165, 1.54) is 0 Å². The second-order valence-electron chi connectivity index (χ2n) is 5.34. The van der Waals surface area contributed by atoms with E-state index in [2.05, 4.69) is 15.3 Å². The van der Waals surface area contributed by atoms with Gasteiger partial charge in [-0.3, -0.25) is 9.59 Å². The molecule has 0 saturated heterocycles. The topological polar surface area (TPSA) is 95.4 Å². The summed E-state index contributed by atoms with van der Waals surface area (Å²) in [5.41, 5.74) is 0. The Morgan fingerprint density at radius 2 is 2.10 bits per heavy atom. The summed E-state index contributed by atoms with van der Waals surface area (Å²) < 4.78 is 0. The summed E-state index contributed by atoms with van der Waals surface area (Å²) in [4.78, 5) is 32.8. The first-order chi connectivity index (χ1) is 10.1. The van der Waals surface area contributed by atoms with Crippen LogP contribution in [0.15, 0.2) is 18.5 Å². The van der Waals surface area contributed by atoms with Gasteiger partial charge in [0.25, 0.3) is 0 Å². The van der Waals surface area contributed by atoms with E-state index in [4.69, 9.17) is 5.11 Å². The van der Waals surface area contributed by atoms with E-state index in [1.807, 2.05) is 0 Å². The van der Waals surface area contributed by atoms with Gasteiger partial charge < -0.3 is 15.3 Å². The minimum absolute atomic E-state index is 0.0322. The molecule has 1 heterocycles. The highest BCUT2D eigenvalue weighted by atomic mass is 16.4. The van der Waals surface area contributed by atoms with Gasteiger partial charge in [0.2, 0.25) is 11.9 Å². The fourth-order valence-electron chi connectivity index (χ4n) is 2.68. The van der Waals surface area contributed by atoms with Crippen LogP contribution in [0.3, 0.4) is 0 Å². The van der Waals surface area contributed by atoms with Crippen molar-refractivity contribution in [3.63, 3.8) is 0 Å². The van der Waals surface area contributed by atoms with Gasteiger partial charge in [-0.05, 0) is 24.8 Å². The van der Waals surface area contributed by atoms with Crippen LogP contribution in [0.4, 0.5) is 5.95 Å². The minimum atomic E-state index is -0.762. The zero-order chi connectivity index (χ0) is 15.2. The molecule has 1 amide bonds. The Labute approximate surface area is 123 Å². The van der Waals surface area contributed by atoms with Gasteiger partial charge in [0.1, 0.15) is 0 Å². The largest absolute Gasteiger partial charge is 0.481 e. The number of aliphatic carboxylic acids is 1. The molecule has 1 aromatic heterocycles. The van der Waals surface area contributed by atoms with Gasteiger partial charge in [-0.2, -0.15) is 0 Å². The quantitative estimate of drug-likeness (QED) is 0.794. The van der Waals surface area contributed by atoms with Gasteiger partial charge in [0, 0.05) is 26.0 Å². The molecule has 0 aromatic carbocycles. The van der Waals surface area contributed by atoms with Crippen molar-refractivity contribution in [2.75, 3.05) is 25.0 Å². The Bertz CT molecular complexity index is 494. The van der Waals surface area contributed by atoms with Crippen molar-refractivity contribution < 1.29 is 14.7 Å². The lowest BCUT2D eigenvalue weighted by atomic mass is 9.96. The summed E-state index contributed by atoms with van der Waals surface area (Å²) >= 11 is 0. The maximum atomic E-state index is 11.9. The molecular formula is C14H20N4O3. The Kier molecular flexibility index (Phi) is 5.08. The molecule has 1 aliphatic carbocycles. The van der Waals surface area contributed by atoms with E-state index in [0.29, 0.717) is 18.9 Å². The summed E-state index contributed by atoms with van der Waals surface area (Å²) in [5, 5.41) is 11.9. The van der Waals surface area contributed by atoms with Crippen molar-refractivity contribution in [2.24, 2.45) is 11.8 Å². The molecule has 114 valence electrons. The van der Waals surface area contributed by atoms with Gasteiger partial charge in [-0.25, -0.2) is 9.97 Å². The van der Waals surface area contributed by atoms with E-state index in [1.54, 1.807) is 30.4 Å².